The molecule has 36 heavy (non-hydrogen) atoms. The Morgan fingerprint density at radius 2 is 1.61 bits per heavy atom. The average Bonchev–Trinajstić information content (AvgIpc) is 3.15. The van der Waals surface area contributed by atoms with Crippen molar-refractivity contribution in [3.05, 3.63) is 99.0 Å². The Morgan fingerprint density at radius 1 is 0.944 bits per heavy atom. The summed E-state index contributed by atoms with van der Waals surface area (Å²) in [5, 5.41) is 11.7. The lowest BCUT2D eigenvalue weighted by Gasteiger charge is -2.25. The minimum Gasteiger partial charge on any atom is -0.507 e. The van der Waals surface area contributed by atoms with Crippen LogP contribution >= 0.6 is 23.2 Å². The maximum absolute atomic E-state index is 13.3. The van der Waals surface area contributed by atoms with Gasteiger partial charge in [-0.1, -0.05) is 47.5 Å². The van der Waals surface area contributed by atoms with Crippen molar-refractivity contribution in [2.45, 2.75) is 12.5 Å². The normalized spacial score (nSPS) is 16.8. The summed E-state index contributed by atoms with van der Waals surface area (Å²) in [5.41, 5.74) is 1.82. The van der Waals surface area contributed by atoms with E-state index < -0.39 is 23.7 Å². The van der Waals surface area contributed by atoms with Gasteiger partial charge in [0.25, 0.3) is 11.7 Å². The number of aliphatic hydroxyl groups excluding tert-OH is 1. The molecule has 0 saturated carbocycles. The molecule has 7 nitrogen and oxygen atoms in total. The lowest BCUT2D eigenvalue weighted by atomic mass is 9.95. The molecule has 0 radical (unpaired) electrons. The molecule has 1 atom stereocenters. The fraction of sp³-hybridized carbons (Fsp3) is 0.148. The third-order valence-corrected chi connectivity index (χ3v) is 6.60. The number of amides is 1. The number of rotatable bonds is 6. The Hall–Kier alpha value is -3.81. The molecule has 184 valence electrons. The average molecular weight is 526 g/mol. The van der Waals surface area contributed by atoms with Gasteiger partial charge in [-0.15, -0.1) is 0 Å². The summed E-state index contributed by atoms with van der Waals surface area (Å²) in [4.78, 5) is 39.5. The number of esters is 1. The molecule has 4 rings (SSSR count). The zero-order valence-electron chi connectivity index (χ0n) is 19.3. The largest absolute Gasteiger partial charge is 0.507 e. The van der Waals surface area contributed by atoms with Crippen molar-refractivity contribution in [3.8, 4) is 5.75 Å². The Balaban J connectivity index is 1.85. The predicted octanol–water partition coefficient (Wildman–Crippen LogP) is 5.34. The van der Waals surface area contributed by atoms with Gasteiger partial charge in [0.1, 0.15) is 11.5 Å². The summed E-state index contributed by atoms with van der Waals surface area (Å²) in [7, 11) is 2.83. The molecule has 9 heteroatoms. The highest BCUT2D eigenvalue weighted by Crippen LogP contribution is 2.43. The highest BCUT2D eigenvalue weighted by molar-refractivity contribution is 6.51. The predicted molar refractivity (Wildman–Crippen MR) is 136 cm³/mol. The minimum atomic E-state index is -0.934. The first-order valence-corrected chi connectivity index (χ1v) is 11.6. The van der Waals surface area contributed by atoms with Crippen LogP contribution in [0, 0.1) is 0 Å². The molecule has 1 aliphatic rings. The maximum Gasteiger partial charge on any atom is 0.309 e. The molecular formula is C27H21Cl2NO6. The third kappa shape index (κ3) is 4.80. The highest BCUT2D eigenvalue weighted by Gasteiger charge is 2.47. The second-order valence-electron chi connectivity index (χ2n) is 7.99. The van der Waals surface area contributed by atoms with Gasteiger partial charge in [0.2, 0.25) is 0 Å². The number of Topliss-reactive ketones (excluding diaryl/α,β-unsaturated/α-hetero) is 1. The fourth-order valence-corrected chi connectivity index (χ4v) is 4.31. The summed E-state index contributed by atoms with van der Waals surface area (Å²) in [6.45, 7) is 0. The van der Waals surface area contributed by atoms with Crippen molar-refractivity contribution < 1.29 is 29.0 Å². The van der Waals surface area contributed by atoms with E-state index in [0.29, 0.717) is 22.6 Å². The Kier molecular flexibility index (Phi) is 7.33. The maximum atomic E-state index is 13.3. The molecule has 1 aliphatic heterocycles. The van der Waals surface area contributed by atoms with E-state index in [-0.39, 0.29) is 33.4 Å². The van der Waals surface area contributed by atoms with E-state index in [1.165, 1.54) is 37.3 Å². The molecule has 0 aliphatic carbocycles. The van der Waals surface area contributed by atoms with Crippen molar-refractivity contribution >= 4 is 52.3 Å². The fourth-order valence-electron chi connectivity index (χ4n) is 4.01. The first-order valence-electron chi connectivity index (χ1n) is 10.8. The van der Waals surface area contributed by atoms with Gasteiger partial charge in [-0.25, -0.2) is 0 Å². The number of carbonyl (C=O) groups is 3. The Morgan fingerprint density at radius 3 is 2.19 bits per heavy atom. The van der Waals surface area contributed by atoms with Crippen molar-refractivity contribution in [2.24, 2.45) is 0 Å². The number of hydrogen-bond acceptors (Lipinski definition) is 6. The van der Waals surface area contributed by atoms with Gasteiger partial charge in [0.15, 0.2) is 0 Å². The molecule has 0 aromatic heterocycles. The van der Waals surface area contributed by atoms with E-state index in [1.54, 1.807) is 48.5 Å². The standard InChI is InChI=1S/C27H21Cl2NO6/c1-35-19-10-5-16(6-11-19)24-23(25(32)17-7-12-20(28)21(29)14-17)26(33)27(34)30(24)18-8-3-15(4-9-18)13-22(31)36-2/h3-12,14,24,32H,13H2,1-2H3/b25-23-. The molecule has 1 unspecified atom stereocenters. The second kappa shape index (κ2) is 10.4. The van der Waals surface area contributed by atoms with Gasteiger partial charge < -0.3 is 14.6 Å². The van der Waals surface area contributed by atoms with Crippen molar-refractivity contribution in [2.75, 3.05) is 19.1 Å². The highest BCUT2D eigenvalue weighted by atomic mass is 35.5. The van der Waals surface area contributed by atoms with Gasteiger partial charge in [0.05, 0.1) is 42.3 Å². The SMILES string of the molecule is COC(=O)Cc1ccc(N2C(=O)C(=O)/C(=C(\O)c3ccc(Cl)c(Cl)c3)C2c2ccc(OC)cc2)cc1. The number of aliphatic hydroxyl groups is 1. The van der Waals surface area contributed by atoms with Crippen LogP contribution in [-0.2, 0) is 25.5 Å². The molecule has 1 saturated heterocycles. The quantitative estimate of drug-likeness (QED) is 0.202. The number of anilines is 1. The molecule has 1 fully saturated rings. The van der Waals surface area contributed by atoms with Crippen LogP contribution in [0.15, 0.2) is 72.3 Å². The van der Waals surface area contributed by atoms with E-state index >= 15 is 0 Å². The van der Waals surface area contributed by atoms with Crippen molar-refractivity contribution in [3.63, 3.8) is 0 Å². The molecule has 0 bridgehead atoms. The monoisotopic (exact) mass is 525 g/mol. The zero-order valence-corrected chi connectivity index (χ0v) is 20.8. The molecule has 1 heterocycles. The molecule has 1 N–H and O–H groups in total. The van der Waals surface area contributed by atoms with Gasteiger partial charge in [-0.3, -0.25) is 19.3 Å². The third-order valence-electron chi connectivity index (χ3n) is 5.86. The number of carbonyl (C=O) groups excluding carboxylic acids is 3. The van der Waals surface area contributed by atoms with Crippen LogP contribution in [0.3, 0.4) is 0 Å². The molecule has 1 amide bonds. The lowest BCUT2D eigenvalue weighted by molar-refractivity contribution is -0.139. The first kappa shape index (κ1) is 25.3. The number of ether oxygens (including phenoxy) is 2. The van der Waals surface area contributed by atoms with Crippen molar-refractivity contribution in [1.29, 1.82) is 0 Å². The molecule has 3 aromatic carbocycles. The van der Waals surface area contributed by atoms with Crippen LogP contribution in [0.25, 0.3) is 5.76 Å². The van der Waals surface area contributed by atoms with Gasteiger partial charge in [-0.2, -0.15) is 0 Å². The second-order valence-corrected chi connectivity index (χ2v) is 8.80. The first-order chi connectivity index (χ1) is 17.2. The smallest absolute Gasteiger partial charge is 0.309 e. The Bertz CT molecular complexity index is 1370. The Labute approximate surface area is 217 Å². The van der Waals surface area contributed by atoms with Gasteiger partial charge in [-0.05, 0) is 53.6 Å². The summed E-state index contributed by atoms with van der Waals surface area (Å²) < 4.78 is 9.93. The van der Waals surface area contributed by atoms with Crippen LogP contribution in [0.1, 0.15) is 22.7 Å². The van der Waals surface area contributed by atoms with E-state index in [0.717, 1.165) is 0 Å². The number of ketones is 1. The summed E-state index contributed by atoms with van der Waals surface area (Å²) in [6, 6.07) is 17.0. The van der Waals surface area contributed by atoms with E-state index in [1.807, 2.05) is 0 Å². The topological polar surface area (TPSA) is 93.1 Å². The number of methoxy groups -OCH3 is 2. The minimum absolute atomic E-state index is 0.0643. The van der Waals surface area contributed by atoms with Crippen LogP contribution < -0.4 is 9.64 Å². The lowest BCUT2D eigenvalue weighted by Crippen LogP contribution is -2.29. The van der Waals surface area contributed by atoms with Gasteiger partial charge in [0, 0.05) is 11.3 Å². The summed E-state index contributed by atoms with van der Waals surface area (Å²) in [5.74, 6) is -1.84. The number of hydrogen-bond donors (Lipinski definition) is 1. The van der Waals surface area contributed by atoms with Crippen molar-refractivity contribution in [1.82, 2.24) is 0 Å². The van der Waals surface area contributed by atoms with Crippen LogP contribution in [0.4, 0.5) is 5.69 Å². The molecule has 3 aromatic rings. The van der Waals surface area contributed by atoms with Gasteiger partial charge >= 0.3 is 5.97 Å². The van der Waals surface area contributed by atoms with Crippen LogP contribution in [0.2, 0.25) is 10.0 Å². The number of halogens is 2. The van der Waals surface area contributed by atoms with E-state index in [2.05, 4.69) is 0 Å². The summed E-state index contributed by atoms with van der Waals surface area (Å²) >= 11 is 12.1. The number of nitrogens with zero attached hydrogens (tertiary/aromatic N) is 1. The molecule has 0 spiro atoms. The zero-order chi connectivity index (χ0) is 26.0. The van der Waals surface area contributed by atoms with Crippen LogP contribution in [-0.4, -0.2) is 37.0 Å². The summed E-state index contributed by atoms with van der Waals surface area (Å²) in [6.07, 6.45) is 0.0643. The molecular weight excluding hydrogens is 505 g/mol. The number of benzene rings is 3. The van der Waals surface area contributed by atoms with E-state index in [9.17, 15) is 19.5 Å². The van der Waals surface area contributed by atoms with Crippen LogP contribution in [0.5, 0.6) is 5.75 Å². The van der Waals surface area contributed by atoms with E-state index in [4.69, 9.17) is 32.7 Å².